The molecule has 1 atom stereocenters. The topological polar surface area (TPSA) is 43.4 Å². The molecule has 0 bridgehead atoms. The molecule has 1 saturated heterocycles. The summed E-state index contributed by atoms with van der Waals surface area (Å²) in [6, 6.07) is 5.91. The quantitative estimate of drug-likeness (QED) is 0.786. The normalized spacial score (nSPS) is 21.5. The van der Waals surface area contributed by atoms with E-state index >= 15 is 0 Å². The van der Waals surface area contributed by atoms with E-state index in [9.17, 15) is 0 Å². The summed E-state index contributed by atoms with van der Waals surface area (Å²) >= 11 is 0. The van der Waals surface area contributed by atoms with Crippen LogP contribution < -0.4 is 5.32 Å². The Bertz CT molecular complexity index is 273. The standard InChI is InChI=1S/C11H16N2O2/c1-2-4-13-10(3-1)7-12-8-11-9-14-5-6-15-11/h1-4,11-12H,5-9H2. The molecule has 4 heteroatoms. The Labute approximate surface area is 89.6 Å². The minimum Gasteiger partial charge on any atom is -0.376 e. The summed E-state index contributed by atoms with van der Waals surface area (Å²) in [6.45, 7) is 3.71. The van der Waals surface area contributed by atoms with Crippen molar-refractivity contribution in [1.82, 2.24) is 10.3 Å². The van der Waals surface area contributed by atoms with E-state index in [1.165, 1.54) is 0 Å². The van der Waals surface area contributed by atoms with Crippen LogP contribution in [0.2, 0.25) is 0 Å². The zero-order valence-corrected chi connectivity index (χ0v) is 8.69. The maximum Gasteiger partial charge on any atom is 0.0933 e. The molecule has 0 aromatic carbocycles. The third kappa shape index (κ3) is 3.58. The van der Waals surface area contributed by atoms with Crippen LogP contribution in [-0.2, 0) is 16.0 Å². The van der Waals surface area contributed by atoms with E-state index in [0.29, 0.717) is 13.2 Å². The van der Waals surface area contributed by atoms with Gasteiger partial charge in [0.05, 0.1) is 31.6 Å². The summed E-state index contributed by atoms with van der Waals surface area (Å²) in [5.41, 5.74) is 1.05. The van der Waals surface area contributed by atoms with Gasteiger partial charge in [-0.1, -0.05) is 6.07 Å². The van der Waals surface area contributed by atoms with Gasteiger partial charge in [0.25, 0.3) is 0 Å². The number of aromatic nitrogens is 1. The van der Waals surface area contributed by atoms with Gasteiger partial charge in [0.15, 0.2) is 0 Å². The molecule has 0 radical (unpaired) electrons. The molecule has 1 aromatic rings. The molecule has 1 fully saturated rings. The van der Waals surface area contributed by atoms with E-state index in [2.05, 4.69) is 10.3 Å². The van der Waals surface area contributed by atoms with Gasteiger partial charge in [0.2, 0.25) is 0 Å². The molecule has 0 spiro atoms. The molecule has 2 rings (SSSR count). The Morgan fingerprint density at radius 1 is 1.40 bits per heavy atom. The first-order valence-electron chi connectivity index (χ1n) is 5.25. The van der Waals surface area contributed by atoms with Crippen molar-refractivity contribution in [2.45, 2.75) is 12.6 Å². The smallest absolute Gasteiger partial charge is 0.0933 e. The van der Waals surface area contributed by atoms with Crippen molar-refractivity contribution in [3.05, 3.63) is 30.1 Å². The first-order chi connectivity index (χ1) is 7.45. The molecule has 1 aromatic heterocycles. The second-order valence-electron chi connectivity index (χ2n) is 3.52. The largest absolute Gasteiger partial charge is 0.376 e. The van der Waals surface area contributed by atoms with E-state index in [4.69, 9.17) is 9.47 Å². The summed E-state index contributed by atoms with van der Waals surface area (Å²) in [5.74, 6) is 0. The SMILES string of the molecule is c1ccc(CNCC2COCCO2)nc1. The number of pyridine rings is 1. The highest BCUT2D eigenvalue weighted by atomic mass is 16.6. The first kappa shape index (κ1) is 10.5. The van der Waals surface area contributed by atoms with E-state index in [1.807, 2.05) is 18.2 Å². The summed E-state index contributed by atoms with van der Waals surface area (Å²) in [6.07, 6.45) is 1.99. The maximum atomic E-state index is 5.51. The number of hydrogen-bond donors (Lipinski definition) is 1. The lowest BCUT2D eigenvalue weighted by Crippen LogP contribution is -2.37. The highest BCUT2D eigenvalue weighted by Gasteiger charge is 2.13. The maximum absolute atomic E-state index is 5.51. The zero-order chi connectivity index (χ0) is 10.3. The number of ether oxygens (including phenoxy) is 2. The van der Waals surface area contributed by atoms with Crippen molar-refractivity contribution in [3.63, 3.8) is 0 Å². The van der Waals surface area contributed by atoms with Crippen LogP contribution in [0.25, 0.3) is 0 Å². The fraction of sp³-hybridized carbons (Fsp3) is 0.545. The molecular weight excluding hydrogens is 192 g/mol. The Morgan fingerprint density at radius 3 is 3.13 bits per heavy atom. The second kappa shape index (κ2) is 5.80. The van der Waals surface area contributed by atoms with Gasteiger partial charge in [-0.05, 0) is 12.1 Å². The number of nitrogens with one attached hydrogen (secondary N) is 1. The zero-order valence-electron chi connectivity index (χ0n) is 8.69. The average molecular weight is 208 g/mol. The fourth-order valence-corrected chi connectivity index (χ4v) is 1.52. The summed E-state index contributed by atoms with van der Waals surface area (Å²) in [7, 11) is 0. The summed E-state index contributed by atoms with van der Waals surface area (Å²) in [4.78, 5) is 4.23. The predicted octanol–water partition coefficient (Wildman–Crippen LogP) is 0.587. The van der Waals surface area contributed by atoms with Crippen LogP contribution in [0.15, 0.2) is 24.4 Å². The predicted molar refractivity (Wildman–Crippen MR) is 56.5 cm³/mol. The van der Waals surface area contributed by atoms with Crippen LogP contribution >= 0.6 is 0 Å². The monoisotopic (exact) mass is 208 g/mol. The van der Waals surface area contributed by atoms with Gasteiger partial charge in [-0.25, -0.2) is 0 Å². The average Bonchev–Trinajstić information content (AvgIpc) is 2.32. The van der Waals surface area contributed by atoms with Gasteiger partial charge in [-0.15, -0.1) is 0 Å². The minimum atomic E-state index is 0.183. The molecule has 4 nitrogen and oxygen atoms in total. The highest BCUT2D eigenvalue weighted by Crippen LogP contribution is 1.99. The molecular formula is C11H16N2O2. The van der Waals surface area contributed by atoms with Crippen molar-refractivity contribution in [3.8, 4) is 0 Å². The highest BCUT2D eigenvalue weighted by molar-refractivity contribution is 5.02. The molecule has 1 unspecified atom stereocenters. The van der Waals surface area contributed by atoms with Crippen molar-refractivity contribution >= 4 is 0 Å². The van der Waals surface area contributed by atoms with E-state index in [-0.39, 0.29) is 6.10 Å². The fourth-order valence-electron chi connectivity index (χ4n) is 1.52. The van der Waals surface area contributed by atoms with Crippen LogP contribution in [0.1, 0.15) is 5.69 Å². The van der Waals surface area contributed by atoms with Gasteiger partial charge < -0.3 is 14.8 Å². The molecule has 82 valence electrons. The Hall–Kier alpha value is -0.970. The van der Waals surface area contributed by atoms with E-state index in [1.54, 1.807) is 6.20 Å². The van der Waals surface area contributed by atoms with Crippen LogP contribution in [0.4, 0.5) is 0 Å². The molecule has 1 aliphatic rings. The lowest BCUT2D eigenvalue weighted by atomic mass is 10.3. The molecule has 0 saturated carbocycles. The molecule has 1 aliphatic heterocycles. The number of hydrogen-bond acceptors (Lipinski definition) is 4. The summed E-state index contributed by atoms with van der Waals surface area (Å²) < 4.78 is 10.8. The van der Waals surface area contributed by atoms with Crippen LogP contribution in [0.3, 0.4) is 0 Å². The molecule has 1 N–H and O–H groups in total. The Kier molecular flexibility index (Phi) is 4.08. The van der Waals surface area contributed by atoms with E-state index < -0.39 is 0 Å². The third-order valence-electron chi connectivity index (χ3n) is 2.29. The molecule has 15 heavy (non-hydrogen) atoms. The third-order valence-corrected chi connectivity index (χ3v) is 2.29. The molecule has 0 aliphatic carbocycles. The minimum absolute atomic E-state index is 0.183. The van der Waals surface area contributed by atoms with Gasteiger partial charge >= 0.3 is 0 Å². The second-order valence-corrected chi connectivity index (χ2v) is 3.52. The van der Waals surface area contributed by atoms with Crippen LogP contribution in [0, 0.1) is 0 Å². The van der Waals surface area contributed by atoms with Crippen molar-refractivity contribution < 1.29 is 9.47 Å². The van der Waals surface area contributed by atoms with E-state index in [0.717, 1.165) is 25.4 Å². The summed E-state index contributed by atoms with van der Waals surface area (Å²) in [5, 5.41) is 3.30. The lowest BCUT2D eigenvalue weighted by molar-refractivity contribution is -0.0864. The molecule has 0 amide bonds. The van der Waals surface area contributed by atoms with Gasteiger partial charge in [0, 0.05) is 19.3 Å². The van der Waals surface area contributed by atoms with Gasteiger partial charge in [-0.2, -0.15) is 0 Å². The molecule has 2 heterocycles. The number of nitrogens with zero attached hydrogens (tertiary/aromatic N) is 1. The van der Waals surface area contributed by atoms with Crippen molar-refractivity contribution in [2.75, 3.05) is 26.4 Å². The van der Waals surface area contributed by atoms with Gasteiger partial charge in [0.1, 0.15) is 0 Å². The number of rotatable bonds is 4. The van der Waals surface area contributed by atoms with Crippen LogP contribution in [0.5, 0.6) is 0 Å². The lowest BCUT2D eigenvalue weighted by Gasteiger charge is -2.23. The Morgan fingerprint density at radius 2 is 2.40 bits per heavy atom. The first-order valence-corrected chi connectivity index (χ1v) is 5.25. The van der Waals surface area contributed by atoms with Crippen molar-refractivity contribution in [2.24, 2.45) is 0 Å². The van der Waals surface area contributed by atoms with Crippen LogP contribution in [-0.4, -0.2) is 37.5 Å². The van der Waals surface area contributed by atoms with Crippen molar-refractivity contribution in [1.29, 1.82) is 0 Å². The Balaban J connectivity index is 1.66. The van der Waals surface area contributed by atoms with Gasteiger partial charge in [-0.3, -0.25) is 4.98 Å².